The van der Waals surface area contributed by atoms with Crippen molar-refractivity contribution in [2.24, 2.45) is 0 Å². The number of aromatic nitrogens is 1. The van der Waals surface area contributed by atoms with Gasteiger partial charge >= 0.3 is 6.09 Å². The summed E-state index contributed by atoms with van der Waals surface area (Å²) in [5, 5.41) is 3.88. The van der Waals surface area contributed by atoms with Crippen LogP contribution in [0.2, 0.25) is 0 Å². The van der Waals surface area contributed by atoms with Crippen LogP contribution in [0.4, 0.5) is 10.5 Å². The first kappa shape index (κ1) is 17.2. The molecule has 1 aromatic heterocycles. The van der Waals surface area contributed by atoms with Crippen molar-refractivity contribution in [3.05, 3.63) is 36.5 Å². The highest BCUT2D eigenvalue weighted by atomic mass is 16.6. The number of fused-ring (bicyclic) bond motifs is 1. The zero-order chi connectivity index (χ0) is 17.6. The summed E-state index contributed by atoms with van der Waals surface area (Å²) in [7, 11) is 0. The molecule has 0 radical (unpaired) electrons. The molecule has 0 saturated carbocycles. The summed E-state index contributed by atoms with van der Waals surface area (Å²) in [5.41, 5.74) is 1.61. The van der Waals surface area contributed by atoms with E-state index in [1.807, 2.05) is 35.2 Å². The number of hydrogen-bond acceptors (Lipinski definition) is 5. The molecule has 1 fully saturated rings. The molecule has 2 aromatic rings. The number of piperazine rings is 1. The van der Waals surface area contributed by atoms with E-state index >= 15 is 0 Å². The van der Waals surface area contributed by atoms with E-state index < -0.39 is 0 Å². The molecular formula is C18H22N4O3. The Balaban J connectivity index is 1.54. The van der Waals surface area contributed by atoms with Crippen molar-refractivity contribution >= 4 is 28.6 Å². The quantitative estimate of drug-likeness (QED) is 0.919. The Hall–Kier alpha value is -2.67. The highest BCUT2D eigenvalue weighted by Gasteiger charge is 2.23. The van der Waals surface area contributed by atoms with Crippen LogP contribution in [-0.4, -0.2) is 66.1 Å². The third-order valence-electron chi connectivity index (χ3n) is 4.19. The predicted molar refractivity (Wildman–Crippen MR) is 95.4 cm³/mol. The molecular weight excluding hydrogens is 320 g/mol. The van der Waals surface area contributed by atoms with Crippen LogP contribution in [0.1, 0.15) is 6.92 Å². The Labute approximate surface area is 146 Å². The maximum absolute atomic E-state index is 12.4. The van der Waals surface area contributed by atoms with Crippen LogP contribution in [0.3, 0.4) is 0 Å². The van der Waals surface area contributed by atoms with E-state index in [0.717, 1.165) is 16.6 Å². The van der Waals surface area contributed by atoms with Crippen molar-refractivity contribution in [2.45, 2.75) is 6.92 Å². The van der Waals surface area contributed by atoms with Crippen molar-refractivity contribution in [1.82, 2.24) is 14.8 Å². The molecule has 7 heteroatoms. The van der Waals surface area contributed by atoms with E-state index in [1.54, 1.807) is 18.0 Å². The Morgan fingerprint density at radius 2 is 1.96 bits per heavy atom. The molecule has 1 N–H and O–H groups in total. The molecule has 1 aromatic carbocycles. The van der Waals surface area contributed by atoms with E-state index in [0.29, 0.717) is 39.3 Å². The van der Waals surface area contributed by atoms with E-state index in [-0.39, 0.29) is 12.0 Å². The minimum atomic E-state index is -0.283. The minimum absolute atomic E-state index is 0.0686. The number of benzene rings is 1. The van der Waals surface area contributed by atoms with E-state index in [9.17, 15) is 9.59 Å². The van der Waals surface area contributed by atoms with Gasteiger partial charge in [-0.2, -0.15) is 0 Å². The lowest BCUT2D eigenvalue weighted by atomic mass is 10.2. The van der Waals surface area contributed by atoms with Gasteiger partial charge in [0.15, 0.2) is 0 Å². The first-order valence-electron chi connectivity index (χ1n) is 8.45. The second-order valence-electron chi connectivity index (χ2n) is 5.89. The number of carbonyl (C=O) groups is 2. The van der Waals surface area contributed by atoms with Crippen LogP contribution in [0, 0.1) is 0 Å². The summed E-state index contributed by atoms with van der Waals surface area (Å²) in [6, 6.07) is 9.46. The lowest BCUT2D eigenvalue weighted by Crippen LogP contribution is -2.50. The number of pyridine rings is 1. The molecule has 1 saturated heterocycles. The molecule has 132 valence electrons. The number of amides is 2. The average molecular weight is 342 g/mol. The number of nitrogens with one attached hydrogen (secondary N) is 1. The Morgan fingerprint density at radius 1 is 1.16 bits per heavy atom. The number of hydrogen-bond donors (Lipinski definition) is 1. The van der Waals surface area contributed by atoms with Gasteiger partial charge < -0.3 is 15.0 Å². The molecule has 1 aliphatic heterocycles. The summed E-state index contributed by atoms with van der Waals surface area (Å²) in [5.74, 6) is -0.0686. The number of rotatable bonds is 4. The molecule has 25 heavy (non-hydrogen) atoms. The lowest BCUT2D eigenvalue weighted by molar-refractivity contribution is -0.117. The van der Waals surface area contributed by atoms with Gasteiger partial charge in [0, 0.05) is 37.8 Å². The summed E-state index contributed by atoms with van der Waals surface area (Å²) in [6.07, 6.45) is 1.45. The van der Waals surface area contributed by atoms with Crippen molar-refractivity contribution < 1.29 is 14.3 Å². The van der Waals surface area contributed by atoms with Gasteiger partial charge in [-0.1, -0.05) is 6.07 Å². The molecule has 0 aliphatic carbocycles. The van der Waals surface area contributed by atoms with Crippen LogP contribution in [0.15, 0.2) is 36.5 Å². The van der Waals surface area contributed by atoms with Crippen molar-refractivity contribution in [3.8, 4) is 0 Å². The Bertz CT molecular complexity index is 752. The summed E-state index contributed by atoms with van der Waals surface area (Å²) in [4.78, 5) is 32.1. The fourth-order valence-electron chi connectivity index (χ4n) is 2.91. The van der Waals surface area contributed by atoms with Crippen LogP contribution in [0.5, 0.6) is 0 Å². The van der Waals surface area contributed by atoms with Gasteiger partial charge in [0.05, 0.1) is 24.4 Å². The first-order chi connectivity index (χ1) is 12.2. The van der Waals surface area contributed by atoms with Gasteiger partial charge in [-0.3, -0.25) is 14.7 Å². The van der Waals surface area contributed by atoms with E-state index in [4.69, 9.17) is 4.74 Å². The zero-order valence-corrected chi connectivity index (χ0v) is 14.3. The Morgan fingerprint density at radius 3 is 2.72 bits per heavy atom. The second-order valence-corrected chi connectivity index (χ2v) is 5.89. The standard InChI is InChI=1S/C18H22N4O3/c1-2-25-18(24)22-11-9-21(10-12-22)13-17(23)20-16-7-3-6-15-14(16)5-4-8-19-15/h3-8H,2,9-13H2,1H3,(H,20,23). The SMILES string of the molecule is CCOC(=O)N1CCN(CC(=O)Nc2cccc3ncccc23)CC1. The maximum Gasteiger partial charge on any atom is 0.409 e. The number of carbonyl (C=O) groups excluding carboxylic acids is 2. The third-order valence-corrected chi connectivity index (χ3v) is 4.19. The van der Waals surface area contributed by atoms with Crippen molar-refractivity contribution in [3.63, 3.8) is 0 Å². The first-order valence-corrected chi connectivity index (χ1v) is 8.45. The molecule has 0 bridgehead atoms. The van der Waals surface area contributed by atoms with Gasteiger partial charge in [0.2, 0.25) is 5.91 Å². The average Bonchev–Trinajstić information content (AvgIpc) is 2.63. The van der Waals surface area contributed by atoms with E-state index in [1.165, 1.54) is 0 Å². The van der Waals surface area contributed by atoms with Crippen LogP contribution >= 0.6 is 0 Å². The normalized spacial score (nSPS) is 15.2. The summed E-state index contributed by atoms with van der Waals surface area (Å²) >= 11 is 0. The molecule has 0 unspecified atom stereocenters. The van der Waals surface area contributed by atoms with Crippen molar-refractivity contribution in [2.75, 3.05) is 44.6 Å². The van der Waals surface area contributed by atoms with Gasteiger partial charge in [0.1, 0.15) is 0 Å². The second kappa shape index (κ2) is 7.94. The molecule has 7 nitrogen and oxygen atoms in total. The van der Waals surface area contributed by atoms with E-state index in [2.05, 4.69) is 10.3 Å². The van der Waals surface area contributed by atoms with Gasteiger partial charge in [-0.25, -0.2) is 4.79 Å². The van der Waals surface area contributed by atoms with Crippen LogP contribution < -0.4 is 5.32 Å². The Kier molecular flexibility index (Phi) is 5.45. The van der Waals surface area contributed by atoms with Crippen LogP contribution in [-0.2, 0) is 9.53 Å². The number of anilines is 1. The lowest BCUT2D eigenvalue weighted by Gasteiger charge is -2.33. The number of nitrogens with zero attached hydrogens (tertiary/aromatic N) is 3. The third kappa shape index (κ3) is 4.24. The fraction of sp³-hybridized carbons (Fsp3) is 0.389. The van der Waals surface area contributed by atoms with Crippen LogP contribution in [0.25, 0.3) is 10.9 Å². The topological polar surface area (TPSA) is 74.8 Å². The summed E-state index contributed by atoms with van der Waals surface area (Å²) < 4.78 is 5.00. The summed E-state index contributed by atoms with van der Waals surface area (Å²) in [6.45, 7) is 4.93. The van der Waals surface area contributed by atoms with Crippen molar-refractivity contribution in [1.29, 1.82) is 0 Å². The molecule has 3 rings (SSSR count). The fourth-order valence-corrected chi connectivity index (χ4v) is 2.91. The van der Waals surface area contributed by atoms with Gasteiger partial charge in [-0.15, -0.1) is 0 Å². The monoisotopic (exact) mass is 342 g/mol. The maximum atomic E-state index is 12.4. The number of ether oxygens (including phenoxy) is 1. The van der Waals surface area contributed by atoms with Gasteiger partial charge in [0.25, 0.3) is 0 Å². The highest BCUT2D eigenvalue weighted by Crippen LogP contribution is 2.21. The molecule has 0 atom stereocenters. The molecule has 1 aliphatic rings. The largest absolute Gasteiger partial charge is 0.450 e. The minimum Gasteiger partial charge on any atom is -0.450 e. The highest BCUT2D eigenvalue weighted by molar-refractivity contribution is 6.01. The van der Waals surface area contributed by atoms with Gasteiger partial charge in [-0.05, 0) is 31.2 Å². The predicted octanol–water partition coefficient (Wildman–Crippen LogP) is 1.95. The zero-order valence-electron chi connectivity index (χ0n) is 14.3. The molecule has 0 spiro atoms. The molecule has 2 heterocycles. The smallest absolute Gasteiger partial charge is 0.409 e. The molecule has 2 amide bonds.